The summed E-state index contributed by atoms with van der Waals surface area (Å²) < 4.78 is 19.8. The Hall–Kier alpha value is -3.06. The molecular weight excluding hydrogens is 389 g/mol. The van der Waals surface area contributed by atoms with Crippen LogP contribution in [-0.4, -0.2) is 15.9 Å². The zero-order valence-electron chi connectivity index (χ0n) is 16.1. The number of nitrogens with one attached hydrogen (secondary N) is 1. The van der Waals surface area contributed by atoms with E-state index in [1.54, 1.807) is 12.3 Å². The molecule has 0 saturated carbocycles. The van der Waals surface area contributed by atoms with Crippen molar-refractivity contribution in [1.29, 1.82) is 0 Å². The quantitative estimate of drug-likeness (QED) is 0.438. The molecule has 7 heteroatoms. The van der Waals surface area contributed by atoms with E-state index >= 15 is 0 Å². The van der Waals surface area contributed by atoms with Crippen LogP contribution in [0.1, 0.15) is 37.6 Å². The highest BCUT2D eigenvalue weighted by Gasteiger charge is 2.12. The van der Waals surface area contributed by atoms with E-state index in [9.17, 15) is 9.18 Å². The van der Waals surface area contributed by atoms with Crippen LogP contribution >= 0.6 is 11.3 Å². The molecule has 0 aliphatic carbocycles. The van der Waals surface area contributed by atoms with Gasteiger partial charge in [0.05, 0.1) is 16.4 Å². The third-order valence-electron chi connectivity index (χ3n) is 4.58. The number of oxazole rings is 1. The molecule has 0 radical (unpaired) electrons. The van der Waals surface area contributed by atoms with Gasteiger partial charge in [0, 0.05) is 18.4 Å². The van der Waals surface area contributed by atoms with Crippen molar-refractivity contribution in [3.8, 4) is 11.3 Å². The number of rotatable bonds is 6. The predicted molar refractivity (Wildman–Crippen MR) is 113 cm³/mol. The summed E-state index contributed by atoms with van der Waals surface area (Å²) in [4.78, 5) is 20.8. The summed E-state index contributed by atoms with van der Waals surface area (Å²) in [5.74, 6) is 1.16. The number of carbonyl (C=O) groups is 1. The maximum absolute atomic E-state index is 13.3. The molecular formula is C22H20FN3O2S. The van der Waals surface area contributed by atoms with Crippen molar-refractivity contribution >= 4 is 32.6 Å². The summed E-state index contributed by atoms with van der Waals surface area (Å²) in [6.07, 6.45) is 2.28. The van der Waals surface area contributed by atoms with E-state index in [-0.39, 0.29) is 18.1 Å². The smallest absolute Gasteiger partial charge is 0.226 e. The van der Waals surface area contributed by atoms with Gasteiger partial charge in [-0.2, -0.15) is 0 Å². The van der Waals surface area contributed by atoms with E-state index in [1.165, 1.54) is 29.0 Å². The maximum Gasteiger partial charge on any atom is 0.226 e. The minimum Gasteiger partial charge on any atom is -0.441 e. The van der Waals surface area contributed by atoms with Crippen molar-refractivity contribution in [3.05, 3.63) is 65.9 Å². The second-order valence-corrected chi connectivity index (χ2v) is 8.10. The highest BCUT2D eigenvalue weighted by molar-refractivity contribution is 7.22. The van der Waals surface area contributed by atoms with E-state index in [4.69, 9.17) is 4.42 Å². The Morgan fingerprint density at radius 2 is 2.00 bits per heavy atom. The molecule has 0 atom stereocenters. The zero-order valence-corrected chi connectivity index (χ0v) is 16.9. The van der Waals surface area contributed by atoms with Crippen molar-refractivity contribution in [1.82, 2.24) is 9.97 Å². The van der Waals surface area contributed by atoms with Crippen molar-refractivity contribution in [2.45, 2.75) is 32.6 Å². The molecule has 2 aromatic carbocycles. The first-order valence-corrected chi connectivity index (χ1v) is 10.2. The van der Waals surface area contributed by atoms with E-state index in [1.807, 2.05) is 12.1 Å². The number of hydrogen-bond donors (Lipinski definition) is 1. The molecule has 2 heterocycles. The van der Waals surface area contributed by atoms with Gasteiger partial charge in [0.15, 0.2) is 16.8 Å². The zero-order chi connectivity index (χ0) is 20.4. The number of amides is 1. The summed E-state index contributed by atoms with van der Waals surface area (Å²) in [6.45, 7) is 4.30. The largest absolute Gasteiger partial charge is 0.441 e. The Morgan fingerprint density at radius 3 is 2.76 bits per heavy atom. The van der Waals surface area contributed by atoms with Crippen LogP contribution in [0.4, 0.5) is 9.52 Å². The molecule has 29 heavy (non-hydrogen) atoms. The van der Waals surface area contributed by atoms with Gasteiger partial charge in [-0.25, -0.2) is 14.4 Å². The fourth-order valence-corrected chi connectivity index (χ4v) is 3.85. The molecule has 0 spiro atoms. The molecule has 0 aliphatic rings. The number of benzene rings is 2. The Balaban J connectivity index is 1.35. The van der Waals surface area contributed by atoms with Crippen LogP contribution in [0.25, 0.3) is 21.5 Å². The molecule has 1 amide bonds. The van der Waals surface area contributed by atoms with Crippen LogP contribution in [0.3, 0.4) is 0 Å². The highest BCUT2D eigenvalue weighted by Crippen LogP contribution is 2.27. The molecule has 4 rings (SSSR count). The van der Waals surface area contributed by atoms with Gasteiger partial charge in [-0.15, -0.1) is 0 Å². The van der Waals surface area contributed by atoms with Gasteiger partial charge >= 0.3 is 0 Å². The number of fused-ring (bicyclic) bond motifs is 1. The average molecular weight is 409 g/mol. The lowest BCUT2D eigenvalue weighted by molar-refractivity contribution is -0.116. The monoisotopic (exact) mass is 409 g/mol. The molecule has 4 aromatic rings. The Labute approximate surface area is 171 Å². The van der Waals surface area contributed by atoms with Crippen LogP contribution in [0, 0.1) is 5.82 Å². The summed E-state index contributed by atoms with van der Waals surface area (Å²) in [6, 6.07) is 12.6. The summed E-state index contributed by atoms with van der Waals surface area (Å²) in [7, 11) is 0. The minimum absolute atomic E-state index is 0.189. The SMILES string of the molecule is CC(C)c1ccc(-c2cnc(CCC(=O)Nc3nc4ccc(F)cc4s3)o2)cc1. The Morgan fingerprint density at radius 1 is 1.21 bits per heavy atom. The number of halogens is 1. The lowest BCUT2D eigenvalue weighted by Gasteiger charge is -2.05. The van der Waals surface area contributed by atoms with Gasteiger partial charge in [0.25, 0.3) is 0 Å². The number of thiazole rings is 1. The molecule has 1 N–H and O–H groups in total. The maximum atomic E-state index is 13.3. The van der Waals surface area contributed by atoms with Crippen LogP contribution in [-0.2, 0) is 11.2 Å². The standard InChI is InChI=1S/C22H20FN3O2S/c1-13(2)14-3-5-15(6-4-14)18-12-24-21(28-18)10-9-20(27)26-22-25-17-8-7-16(23)11-19(17)29-22/h3-8,11-13H,9-10H2,1-2H3,(H,25,26,27). The number of aromatic nitrogens is 2. The van der Waals surface area contributed by atoms with Gasteiger partial charge in [0.2, 0.25) is 5.91 Å². The van der Waals surface area contributed by atoms with Gasteiger partial charge < -0.3 is 9.73 Å². The summed E-state index contributed by atoms with van der Waals surface area (Å²) in [5.41, 5.74) is 2.88. The highest BCUT2D eigenvalue weighted by atomic mass is 32.1. The van der Waals surface area contributed by atoms with Crippen molar-refractivity contribution in [3.63, 3.8) is 0 Å². The first-order chi connectivity index (χ1) is 14.0. The average Bonchev–Trinajstić information content (AvgIpc) is 3.32. The van der Waals surface area contributed by atoms with Gasteiger partial charge in [0.1, 0.15) is 5.82 Å². The van der Waals surface area contributed by atoms with Crippen LogP contribution in [0.2, 0.25) is 0 Å². The molecule has 148 valence electrons. The minimum atomic E-state index is -0.322. The fraction of sp³-hybridized carbons (Fsp3) is 0.227. The van der Waals surface area contributed by atoms with E-state index in [0.717, 1.165) is 5.56 Å². The topological polar surface area (TPSA) is 68.0 Å². The number of aryl methyl sites for hydroxylation is 1. The summed E-state index contributed by atoms with van der Waals surface area (Å²) >= 11 is 1.24. The number of nitrogens with zero attached hydrogens (tertiary/aromatic N) is 2. The molecule has 5 nitrogen and oxygen atoms in total. The van der Waals surface area contributed by atoms with Crippen molar-refractivity contribution in [2.75, 3.05) is 5.32 Å². The molecule has 0 saturated heterocycles. The van der Waals surface area contributed by atoms with Gasteiger partial charge in [-0.3, -0.25) is 4.79 Å². The predicted octanol–water partition coefficient (Wildman–Crippen LogP) is 5.79. The second kappa shape index (κ2) is 8.13. The first-order valence-electron chi connectivity index (χ1n) is 9.39. The van der Waals surface area contributed by atoms with Crippen molar-refractivity contribution in [2.24, 2.45) is 0 Å². The molecule has 2 aromatic heterocycles. The number of hydrogen-bond acceptors (Lipinski definition) is 5. The van der Waals surface area contributed by atoms with Gasteiger partial charge in [-0.1, -0.05) is 49.4 Å². The van der Waals surface area contributed by atoms with Crippen molar-refractivity contribution < 1.29 is 13.6 Å². The fourth-order valence-electron chi connectivity index (χ4n) is 2.95. The Bertz CT molecular complexity index is 1150. The normalized spacial score (nSPS) is 11.3. The molecule has 0 aliphatic heterocycles. The second-order valence-electron chi connectivity index (χ2n) is 7.07. The Kier molecular flexibility index (Phi) is 5.40. The van der Waals surface area contributed by atoms with E-state index in [2.05, 4.69) is 41.3 Å². The lowest BCUT2D eigenvalue weighted by atomic mass is 10.0. The van der Waals surface area contributed by atoms with Crippen LogP contribution < -0.4 is 5.32 Å². The number of carbonyl (C=O) groups excluding carboxylic acids is 1. The first kappa shape index (κ1) is 19.3. The lowest BCUT2D eigenvalue weighted by Crippen LogP contribution is -2.12. The third-order valence-corrected chi connectivity index (χ3v) is 5.51. The van der Waals surface area contributed by atoms with Crippen LogP contribution in [0.5, 0.6) is 0 Å². The molecule has 0 bridgehead atoms. The van der Waals surface area contributed by atoms with Crippen LogP contribution in [0.15, 0.2) is 53.1 Å². The van der Waals surface area contributed by atoms with Gasteiger partial charge in [-0.05, 0) is 29.7 Å². The molecule has 0 unspecified atom stereocenters. The molecule has 0 fully saturated rings. The third kappa shape index (κ3) is 4.51. The van der Waals surface area contributed by atoms with E-state index in [0.29, 0.717) is 39.3 Å². The van der Waals surface area contributed by atoms with E-state index < -0.39 is 0 Å². The number of anilines is 1. The summed E-state index contributed by atoms with van der Waals surface area (Å²) in [5, 5.41) is 3.21.